The molecule has 1 saturated heterocycles. The van der Waals surface area contributed by atoms with Crippen molar-refractivity contribution >= 4 is 17.8 Å². The number of hydrogen-bond donors (Lipinski definition) is 2. The third-order valence-corrected chi connectivity index (χ3v) is 6.21. The van der Waals surface area contributed by atoms with Gasteiger partial charge < -0.3 is 10.6 Å². The highest BCUT2D eigenvalue weighted by atomic mass is 16.2. The highest BCUT2D eigenvalue weighted by Gasteiger charge is 2.52. The molecule has 1 atom stereocenters. The van der Waals surface area contributed by atoms with Crippen molar-refractivity contribution in [3.63, 3.8) is 0 Å². The van der Waals surface area contributed by atoms with E-state index in [0.717, 1.165) is 29.7 Å². The van der Waals surface area contributed by atoms with E-state index in [4.69, 9.17) is 0 Å². The minimum absolute atomic E-state index is 0.285. The van der Waals surface area contributed by atoms with Crippen LogP contribution in [0.15, 0.2) is 72.3 Å². The van der Waals surface area contributed by atoms with Crippen LogP contribution in [0.2, 0.25) is 0 Å². The molecule has 1 aliphatic heterocycles. The van der Waals surface area contributed by atoms with Crippen LogP contribution in [0, 0.1) is 0 Å². The maximum Gasteiger partial charge on any atom is 0.325 e. The predicted octanol–water partition coefficient (Wildman–Crippen LogP) is 3.68. The molecule has 1 heterocycles. The van der Waals surface area contributed by atoms with Gasteiger partial charge in [-0.3, -0.25) is 14.5 Å². The Bertz CT molecular complexity index is 1000. The van der Waals surface area contributed by atoms with Crippen molar-refractivity contribution in [1.29, 1.82) is 0 Å². The topological polar surface area (TPSA) is 78.5 Å². The summed E-state index contributed by atoms with van der Waals surface area (Å²) in [6.07, 6.45) is 8.00. The molecule has 1 fully saturated rings. The SMILES string of the molecule is O=C(CN1C(=O)N[C@@](Cc2ccccc2)(c2ccccc2)C1=O)NCCC1=CCCCC1. The molecule has 2 aromatic carbocycles. The lowest BCUT2D eigenvalue weighted by Crippen LogP contribution is -2.47. The zero-order valence-electron chi connectivity index (χ0n) is 18.2. The molecule has 0 aromatic heterocycles. The van der Waals surface area contributed by atoms with Crippen molar-refractivity contribution in [2.45, 2.75) is 44.1 Å². The molecule has 0 saturated carbocycles. The van der Waals surface area contributed by atoms with Gasteiger partial charge in [0.1, 0.15) is 6.54 Å². The highest BCUT2D eigenvalue weighted by Crippen LogP contribution is 2.33. The van der Waals surface area contributed by atoms with Crippen molar-refractivity contribution in [3.8, 4) is 0 Å². The number of hydrogen-bond acceptors (Lipinski definition) is 3. The fourth-order valence-electron chi connectivity index (χ4n) is 4.51. The first kappa shape index (κ1) is 21.8. The Kier molecular flexibility index (Phi) is 6.69. The molecular formula is C26H29N3O3. The average molecular weight is 432 g/mol. The molecular weight excluding hydrogens is 402 g/mol. The van der Waals surface area contributed by atoms with Crippen LogP contribution >= 0.6 is 0 Å². The van der Waals surface area contributed by atoms with E-state index in [0.29, 0.717) is 18.5 Å². The van der Waals surface area contributed by atoms with Gasteiger partial charge in [0.15, 0.2) is 5.54 Å². The number of amides is 4. The Hall–Kier alpha value is -3.41. The third-order valence-electron chi connectivity index (χ3n) is 6.21. The van der Waals surface area contributed by atoms with Crippen molar-refractivity contribution in [2.75, 3.05) is 13.1 Å². The summed E-state index contributed by atoms with van der Waals surface area (Å²) in [5.41, 5.74) is 1.77. The van der Waals surface area contributed by atoms with Crippen LogP contribution in [0.5, 0.6) is 0 Å². The Morgan fingerprint density at radius 3 is 2.41 bits per heavy atom. The second-order valence-corrected chi connectivity index (χ2v) is 8.46. The number of urea groups is 1. The van der Waals surface area contributed by atoms with E-state index >= 15 is 0 Å². The average Bonchev–Trinajstić information content (AvgIpc) is 3.06. The number of benzene rings is 2. The van der Waals surface area contributed by atoms with E-state index in [1.165, 1.54) is 18.4 Å². The molecule has 0 radical (unpaired) electrons. The number of allylic oxidation sites excluding steroid dienone is 1. The first-order valence-corrected chi connectivity index (χ1v) is 11.3. The van der Waals surface area contributed by atoms with Crippen LogP contribution in [0.4, 0.5) is 4.79 Å². The van der Waals surface area contributed by atoms with Gasteiger partial charge >= 0.3 is 6.03 Å². The fourth-order valence-corrected chi connectivity index (χ4v) is 4.51. The van der Waals surface area contributed by atoms with Gasteiger partial charge in [-0.2, -0.15) is 0 Å². The van der Waals surface area contributed by atoms with Crippen LogP contribution in [-0.4, -0.2) is 35.8 Å². The van der Waals surface area contributed by atoms with Crippen molar-refractivity contribution in [2.24, 2.45) is 0 Å². The van der Waals surface area contributed by atoms with E-state index < -0.39 is 17.5 Å². The lowest BCUT2D eigenvalue weighted by molar-refractivity contribution is -0.135. The molecule has 2 N–H and O–H groups in total. The lowest BCUT2D eigenvalue weighted by atomic mass is 9.83. The molecule has 32 heavy (non-hydrogen) atoms. The molecule has 0 bridgehead atoms. The van der Waals surface area contributed by atoms with Gasteiger partial charge in [-0.05, 0) is 43.2 Å². The van der Waals surface area contributed by atoms with Crippen molar-refractivity contribution < 1.29 is 14.4 Å². The maximum atomic E-state index is 13.6. The first-order chi connectivity index (χ1) is 15.6. The van der Waals surface area contributed by atoms with Crippen LogP contribution < -0.4 is 10.6 Å². The summed E-state index contributed by atoms with van der Waals surface area (Å²) in [6.45, 7) is 0.231. The smallest absolute Gasteiger partial charge is 0.325 e. The summed E-state index contributed by atoms with van der Waals surface area (Å²) in [5, 5.41) is 5.75. The summed E-state index contributed by atoms with van der Waals surface area (Å²) in [4.78, 5) is 39.9. The second-order valence-electron chi connectivity index (χ2n) is 8.46. The first-order valence-electron chi connectivity index (χ1n) is 11.3. The number of imide groups is 1. The van der Waals surface area contributed by atoms with Crippen LogP contribution in [0.1, 0.15) is 43.2 Å². The second kappa shape index (κ2) is 9.81. The minimum Gasteiger partial charge on any atom is -0.354 e. The standard InChI is InChI=1S/C26H29N3O3/c30-23(27-17-16-20-10-4-1-5-11-20)19-29-24(31)26(28-25(29)32,22-14-8-3-9-15-22)18-21-12-6-2-7-13-21/h2-3,6-10,12-15H,1,4-5,11,16-19H2,(H,27,30)(H,28,32)/t26-/m0/s1. The molecule has 1 aliphatic carbocycles. The zero-order valence-corrected chi connectivity index (χ0v) is 18.2. The minimum atomic E-state index is -1.23. The van der Waals surface area contributed by atoms with Gasteiger partial charge in [0.05, 0.1) is 0 Å². The fraction of sp³-hybridized carbons (Fsp3) is 0.346. The number of carbonyl (C=O) groups excluding carboxylic acids is 3. The highest BCUT2D eigenvalue weighted by molar-refractivity contribution is 6.09. The number of nitrogens with one attached hydrogen (secondary N) is 2. The lowest BCUT2D eigenvalue weighted by Gasteiger charge is -2.27. The van der Waals surface area contributed by atoms with E-state index in [1.807, 2.05) is 60.7 Å². The van der Waals surface area contributed by atoms with Gasteiger partial charge in [-0.15, -0.1) is 0 Å². The Morgan fingerprint density at radius 1 is 1.00 bits per heavy atom. The quantitative estimate of drug-likeness (QED) is 0.494. The van der Waals surface area contributed by atoms with Crippen LogP contribution in [0.25, 0.3) is 0 Å². The van der Waals surface area contributed by atoms with Gasteiger partial charge in [-0.1, -0.05) is 72.3 Å². The largest absolute Gasteiger partial charge is 0.354 e. The molecule has 166 valence electrons. The maximum absolute atomic E-state index is 13.6. The molecule has 6 heteroatoms. The molecule has 4 amide bonds. The van der Waals surface area contributed by atoms with Crippen molar-refractivity contribution in [1.82, 2.24) is 15.5 Å². The number of nitrogens with zero attached hydrogens (tertiary/aromatic N) is 1. The summed E-state index contributed by atoms with van der Waals surface area (Å²) in [7, 11) is 0. The Morgan fingerprint density at radius 2 is 1.72 bits per heavy atom. The molecule has 6 nitrogen and oxygen atoms in total. The number of carbonyl (C=O) groups is 3. The van der Waals surface area contributed by atoms with E-state index in [1.54, 1.807) is 0 Å². The molecule has 0 unspecified atom stereocenters. The number of rotatable bonds is 8. The van der Waals surface area contributed by atoms with Crippen molar-refractivity contribution in [3.05, 3.63) is 83.4 Å². The van der Waals surface area contributed by atoms with Gasteiger partial charge in [0.25, 0.3) is 5.91 Å². The van der Waals surface area contributed by atoms with Crippen LogP contribution in [0.3, 0.4) is 0 Å². The van der Waals surface area contributed by atoms with Gasteiger partial charge in [-0.25, -0.2) is 4.79 Å². The van der Waals surface area contributed by atoms with Gasteiger partial charge in [0.2, 0.25) is 5.91 Å². The Labute approximate surface area is 188 Å². The molecule has 4 rings (SSSR count). The van der Waals surface area contributed by atoms with E-state index in [-0.39, 0.29) is 12.5 Å². The summed E-state index contributed by atoms with van der Waals surface area (Å²) < 4.78 is 0. The summed E-state index contributed by atoms with van der Waals surface area (Å²) >= 11 is 0. The summed E-state index contributed by atoms with van der Waals surface area (Å²) in [5.74, 6) is -0.726. The van der Waals surface area contributed by atoms with Gasteiger partial charge in [0, 0.05) is 13.0 Å². The summed E-state index contributed by atoms with van der Waals surface area (Å²) in [6, 6.07) is 18.3. The Balaban J connectivity index is 1.47. The molecule has 0 spiro atoms. The molecule has 2 aromatic rings. The predicted molar refractivity (Wildman–Crippen MR) is 123 cm³/mol. The normalized spacial score (nSPS) is 20.6. The van der Waals surface area contributed by atoms with E-state index in [9.17, 15) is 14.4 Å². The van der Waals surface area contributed by atoms with E-state index in [2.05, 4.69) is 16.7 Å². The third kappa shape index (κ3) is 4.74. The molecule has 2 aliphatic rings. The van der Waals surface area contributed by atoms with Crippen LogP contribution in [-0.2, 0) is 21.5 Å². The zero-order chi connectivity index (χ0) is 22.4. The monoisotopic (exact) mass is 431 g/mol.